The second kappa shape index (κ2) is 9.23. The molecule has 2 rings (SSSR count). The highest BCUT2D eigenvalue weighted by Crippen LogP contribution is 2.12. The van der Waals surface area contributed by atoms with Crippen LogP contribution in [0.3, 0.4) is 0 Å². The zero-order chi connectivity index (χ0) is 15.1. The second-order valence-corrected chi connectivity index (χ2v) is 4.92. The van der Waals surface area contributed by atoms with Gasteiger partial charge >= 0.3 is 0 Å². The summed E-state index contributed by atoms with van der Waals surface area (Å²) in [7, 11) is 0. The molecule has 0 amide bonds. The number of ketones is 1. The van der Waals surface area contributed by atoms with E-state index < -0.39 is 0 Å². The number of hydrogen-bond acceptors (Lipinski definition) is 4. The van der Waals surface area contributed by atoms with E-state index >= 15 is 0 Å². The van der Waals surface area contributed by atoms with Crippen LogP contribution in [0.4, 0.5) is 0 Å². The molecule has 118 valence electrons. The summed E-state index contributed by atoms with van der Waals surface area (Å²) in [6, 6.07) is 13.5. The van der Waals surface area contributed by atoms with Crippen LogP contribution in [0.1, 0.15) is 22.3 Å². The lowest BCUT2D eigenvalue weighted by Gasteiger charge is -2.05. The van der Waals surface area contributed by atoms with Crippen LogP contribution < -0.4 is 5.32 Å². The number of hydrogen-bond donors (Lipinski definition) is 3. The minimum absolute atomic E-state index is 0. The molecule has 0 fully saturated rings. The molecule has 0 saturated heterocycles. The summed E-state index contributed by atoms with van der Waals surface area (Å²) in [4.78, 5) is 11.9. The smallest absolute Gasteiger partial charge is 0.176 e. The Morgan fingerprint density at radius 3 is 2.41 bits per heavy atom. The minimum atomic E-state index is 0. The molecule has 0 aromatic heterocycles. The molecule has 22 heavy (non-hydrogen) atoms. The molecular weight excluding hydrogens is 346 g/mol. The molecule has 2 aromatic carbocycles. The largest absolute Gasteiger partial charge is 0.508 e. The number of phenolic OH excluding ortho intramolecular Hbond substituents is 2. The first-order valence-corrected chi connectivity index (χ1v) is 6.96. The van der Waals surface area contributed by atoms with Gasteiger partial charge in [-0.15, -0.1) is 17.0 Å². The van der Waals surface area contributed by atoms with E-state index in [2.05, 4.69) is 5.32 Å². The van der Waals surface area contributed by atoms with Crippen molar-refractivity contribution in [2.45, 2.75) is 12.8 Å². The van der Waals surface area contributed by atoms with Crippen LogP contribution in [0.2, 0.25) is 0 Å². The fraction of sp³-hybridized carbons (Fsp3) is 0.235. The molecule has 0 heterocycles. The van der Waals surface area contributed by atoms with Gasteiger partial charge < -0.3 is 15.5 Å². The summed E-state index contributed by atoms with van der Waals surface area (Å²) < 4.78 is 0. The van der Waals surface area contributed by atoms with E-state index in [0.29, 0.717) is 5.56 Å². The Labute approximate surface area is 140 Å². The molecule has 3 N–H and O–H groups in total. The van der Waals surface area contributed by atoms with Crippen molar-refractivity contribution in [3.8, 4) is 11.5 Å². The maximum atomic E-state index is 11.9. The maximum Gasteiger partial charge on any atom is 0.176 e. The molecule has 0 spiro atoms. The molecule has 0 unspecified atom stereocenters. The SMILES string of the molecule is Br.O=C(CNCCCc1cccc(O)c1)c1ccc(O)cc1. The predicted molar refractivity (Wildman–Crippen MR) is 92.1 cm³/mol. The van der Waals surface area contributed by atoms with Crippen LogP contribution in [0, 0.1) is 0 Å². The standard InChI is InChI=1S/C17H19NO3.BrH/c19-15-8-6-14(7-9-15)17(21)12-18-10-2-4-13-3-1-5-16(20)11-13;/h1,3,5-9,11,18-20H,2,4,10,12H2;1H. The van der Waals surface area contributed by atoms with Gasteiger partial charge in [0.05, 0.1) is 6.54 Å². The van der Waals surface area contributed by atoms with E-state index in [0.717, 1.165) is 24.9 Å². The Morgan fingerprint density at radius 1 is 1.00 bits per heavy atom. The Hall–Kier alpha value is -1.85. The maximum absolute atomic E-state index is 11.9. The first-order valence-electron chi connectivity index (χ1n) is 6.96. The number of phenols is 2. The van der Waals surface area contributed by atoms with Crippen LogP contribution in [0.25, 0.3) is 0 Å². The van der Waals surface area contributed by atoms with Gasteiger partial charge in [0, 0.05) is 5.56 Å². The summed E-state index contributed by atoms with van der Waals surface area (Å²) in [6.07, 6.45) is 1.75. The molecule has 0 aliphatic heterocycles. The predicted octanol–water partition coefficient (Wildman–Crippen LogP) is 3.08. The second-order valence-electron chi connectivity index (χ2n) is 4.92. The Bertz CT molecular complexity index is 599. The molecule has 0 aliphatic carbocycles. The Morgan fingerprint density at radius 2 is 1.73 bits per heavy atom. The number of halogens is 1. The lowest BCUT2D eigenvalue weighted by atomic mass is 10.1. The van der Waals surface area contributed by atoms with Gasteiger partial charge in [-0.3, -0.25) is 4.79 Å². The first kappa shape index (κ1) is 18.2. The van der Waals surface area contributed by atoms with Gasteiger partial charge in [-0.1, -0.05) is 12.1 Å². The van der Waals surface area contributed by atoms with E-state index in [4.69, 9.17) is 5.11 Å². The number of aryl methyl sites for hydroxylation is 1. The van der Waals surface area contributed by atoms with Crippen LogP contribution >= 0.6 is 17.0 Å². The molecule has 0 radical (unpaired) electrons. The van der Waals surface area contributed by atoms with E-state index in [1.54, 1.807) is 24.3 Å². The van der Waals surface area contributed by atoms with Crippen molar-refractivity contribution in [3.63, 3.8) is 0 Å². The molecule has 0 saturated carbocycles. The summed E-state index contributed by atoms with van der Waals surface area (Å²) in [5.41, 5.74) is 1.68. The monoisotopic (exact) mass is 365 g/mol. The average molecular weight is 366 g/mol. The summed E-state index contributed by atoms with van der Waals surface area (Å²) in [5, 5.41) is 21.6. The Kier molecular flexibility index (Phi) is 7.63. The third-order valence-corrected chi connectivity index (χ3v) is 3.20. The van der Waals surface area contributed by atoms with Crippen LogP contribution in [-0.2, 0) is 6.42 Å². The number of Topliss-reactive ketones (excluding diaryl/α,β-unsaturated/α-hetero) is 1. The topological polar surface area (TPSA) is 69.6 Å². The lowest BCUT2D eigenvalue weighted by Crippen LogP contribution is -2.24. The van der Waals surface area contributed by atoms with E-state index in [9.17, 15) is 9.90 Å². The van der Waals surface area contributed by atoms with Crippen LogP contribution in [-0.4, -0.2) is 29.1 Å². The number of nitrogens with one attached hydrogen (secondary N) is 1. The minimum Gasteiger partial charge on any atom is -0.508 e. The van der Waals surface area contributed by atoms with Crippen molar-refractivity contribution in [2.75, 3.05) is 13.1 Å². The van der Waals surface area contributed by atoms with Gasteiger partial charge in [-0.05, 0) is 61.3 Å². The fourth-order valence-corrected chi connectivity index (χ4v) is 2.08. The van der Waals surface area contributed by atoms with Crippen molar-refractivity contribution >= 4 is 22.8 Å². The zero-order valence-corrected chi connectivity index (χ0v) is 13.9. The number of rotatable bonds is 7. The summed E-state index contributed by atoms with van der Waals surface area (Å²) >= 11 is 0. The molecule has 5 heteroatoms. The number of benzene rings is 2. The van der Waals surface area contributed by atoms with Gasteiger partial charge in [0.1, 0.15) is 11.5 Å². The number of aromatic hydroxyl groups is 2. The van der Waals surface area contributed by atoms with Crippen molar-refractivity contribution in [2.24, 2.45) is 0 Å². The number of carbonyl (C=O) groups excluding carboxylic acids is 1. The van der Waals surface area contributed by atoms with E-state index in [1.165, 1.54) is 12.1 Å². The van der Waals surface area contributed by atoms with Gasteiger partial charge in [0.25, 0.3) is 0 Å². The molecular formula is C17H20BrNO3. The molecule has 2 aromatic rings. The van der Waals surface area contributed by atoms with Gasteiger partial charge in [0.2, 0.25) is 0 Å². The van der Waals surface area contributed by atoms with E-state index in [-0.39, 0.29) is 40.8 Å². The van der Waals surface area contributed by atoms with Gasteiger partial charge in [-0.25, -0.2) is 0 Å². The lowest BCUT2D eigenvalue weighted by molar-refractivity contribution is 0.0991. The average Bonchev–Trinajstić information content (AvgIpc) is 2.47. The van der Waals surface area contributed by atoms with Crippen molar-refractivity contribution in [3.05, 3.63) is 59.7 Å². The normalized spacial score (nSPS) is 10.0. The zero-order valence-electron chi connectivity index (χ0n) is 12.2. The summed E-state index contributed by atoms with van der Waals surface area (Å²) in [6.45, 7) is 1.02. The fourth-order valence-electron chi connectivity index (χ4n) is 2.08. The van der Waals surface area contributed by atoms with Gasteiger partial charge in [0.15, 0.2) is 5.78 Å². The molecule has 0 atom stereocenters. The first-order chi connectivity index (χ1) is 10.1. The third-order valence-electron chi connectivity index (χ3n) is 3.20. The molecule has 0 bridgehead atoms. The van der Waals surface area contributed by atoms with E-state index in [1.807, 2.05) is 12.1 Å². The number of carbonyl (C=O) groups is 1. The molecule has 4 nitrogen and oxygen atoms in total. The highest BCUT2D eigenvalue weighted by Gasteiger charge is 2.04. The highest BCUT2D eigenvalue weighted by atomic mass is 79.9. The van der Waals surface area contributed by atoms with Gasteiger partial charge in [-0.2, -0.15) is 0 Å². The van der Waals surface area contributed by atoms with Crippen molar-refractivity contribution in [1.29, 1.82) is 0 Å². The van der Waals surface area contributed by atoms with Crippen molar-refractivity contribution < 1.29 is 15.0 Å². The summed E-state index contributed by atoms with van der Waals surface area (Å²) in [5.74, 6) is 0.445. The Balaban J connectivity index is 0.00000242. The van der Waals surface area contributed by atoms with Crippen LogP contribution in [0.5, 0.6) is 11.5 Å². The molecule has 0 aliphatic rings. The quantitative estimate of drug-likeness (QED) is 0.520. The van der Waals surface area contributed by atoms with Crippen molar-refractivity contribution in [1.82, 2.24) is 5.32 Å². The third kappa shape index (κ3) is 5.87. The van der Waals surface area contributed by atoms with Crippen LogP contribution in [0.15, 0.2) is 48.5 Å². The highest BCUT2D eigenvalue weighted by molar-refractivity contribution is 8.93.